The summed E-state index contributed by atoms with van der Waals surface area (Å²) in [5.41, 5.74) is 7.11. The van der Waals surface area contributed by atoms with Gasteiger partial charge in [-0.05, 0) is 37.1 Å². The summed E-state index contributed by atoms with van der Waals surface area (Å²) in [7, 11) is 0. The number of nitro groups is 1. The molecule has 0 aliphatic rings. The highest BCUT2D eigenvalue weighted by Gasteiger charge is 2.18. The number of nitrogens with zero attached hydrogens (tertiary/aromatic N) is 3. The van der Waals surface area contributed by atoms with Gasteiger partial charge in [0.15, 0.2) is 0 Å². The molecular weight excluding hydrogens is 431 g/mol. The van der Waals surface area contributed by atoms with Crippen LogP contribution < -0.4 is 16.4 Å². The van der Waals surface area contributed by atoms with E-state index in [-0.39, 0.29) is 29.8 Å². The number of aliphatic hydroxyl groups excluding tert-OH is 1. The van der Waals surface area contributed by atoms with Crippen molar-refractivity contribution in [1.29, 1.82) is 0 Å². The molecule has 33 heavy (non-hydrogen) atoms. The number of nitrogen functional groups attached to an aromatic ring is 1. The minimum absolute atomic E-state index is 0.160. The quantitative estimate of drug-likeness (QED) is 0.208. The van der Waals surface area contributed by atoms with Gasteiger partial charge in [0.2, 0.25) is 5.82 Å². The smallest absolute Gasteiger partial charge is 0.311 e. The molecule has 3 rings (SSSR count). The molecule has 1 aromatic carbocycles. The van der Waals surface area contributed by atoms with Crippen LogP contribution in [-0.2, 0) is 6.54 Å². The summed E-state index contributed by atoms with van der Waals surface area (Å²) in [6.07, 6.45) is 4.18. The number of nitrogens with one attached hydrogen (secondary N) is 2. The van der Waals surface area contributed by atoms with E-state index < -0.39 is 11.0 Å². The average Bonchev–Trinajstić information content (AvgIpc) is 3.21. The zero-order chi connectivity index (χ0) is 24.0. The lowest BCUT2D eigenvalue weighted by Gasteiger charge is -2.11. The van der Waals surface area contributed by atoms with Gasteiger partial charge in [-0.15, -0.1) is 0 Å². The van der Waals surface area contributed by atoms with E-state index in [1.165, 1.54) is 24.3 Å². The molecule has 0 radical (unpaired) electrons. The average molecular weight is 456 g/mol. The second-order valence-electron chi connectivity index (χ2n) is 7.53. The normalized spacial score (nSPS) is 11.7. The number of aromatic nitrogens is 2. The van der Waals surface area contributed by atoms with Gasteiger partial charge in [0, 0.05) is 43.2 Å². The minimum Gasteiger partial charge on any atom is -0.394 e. The van der Waals surface area contributed by atoms with Crippen molar-refractivity contribution in [3.63, 3.8) is 0 Å². The highest BCUT2D eigenvalue weighted by molar-refractivity contribution is 6.01. The summed E-state index contributed by atoms with van der Waals surface area (Å²) in [6, 6.07) is 8.24. The number of rotatable bonds is 10. The van der Waals surface area contributed by atoms with Gasteiger partial charge >= 0.3 is 5.69 Å². The standard InChI is InChI=1S/C22H25FN6O4/c1-14(13-30)26-22(31)18-12-28(11-17(18)15-3-5-16(23)6-4-15)10-2-9-25-20-8-7-19(29(32)33)21(24)27-20/h3-8,11-12,14,30H,2,9-10,13H2,1H3,(H,26,31)(H3,24,25,27)/t14-/m0/s1. The summed E-state index contributed by atoms with van der Waals surface area (Å²) in [5.74, 6) is -0.439. The van der Waals surface area contributed by atoms with E-state index in [1.54, 1.807) is 25.3 Å². The molecular formula is C22H25FN6O4. The highest BCUT2D eigenvalue weighted by Crippen LogP contribution is 2.26. The molecule has 0 fully saturated rings. The maximum atomic E-state index is 13.4. The first-order chi connectivity index (χ1) is 15.8. The molecule has 0 spiro atoms. The van der Waals surface area contributed by atoms with E-state index >= 15 is 0 Å². The van der Waals surface area contributed by atoms with E-state index in [9.17, 15) is 24.4 Å². The first-order valence-electron chi connectivity index (χ1n) is 10.3. The fraction of sp³-hybridized carbons (Fsp3) is 0.273. The lowest BCUT2D eigenvalue weighted by molar-refractivity contribution is -0.384. The first kappa shape index (κ1) is 23.7. The number of aryl methyl sites for hydroxylation is 1. The van der Waals surface area contributed by atoms with Gasteiger partial charge in [-0.3, -0.25) is 14.9 Å². The Balaban J connectivity index is 1.69. The number of hydrogen-bond donors (Lipinski definition) is 4. The highest BCUT2D eigenvalue weighted by atomic mass is 19.1. The van der Waals surface area contributed by atoms with Crippen LogP contribution in [0, 0.1) is 15.9 Å². The number of benzene rings is 1. The Morgan fingerprint density at radius 2 is 2.00 bits per heavy atom. The van der Waals surface area contributed by atoms with E-state index in [1.807, 2.05) is 10.8 Å². The summed E-state index contributed by atoms with van der Waals surface area (Å²) in [4.78, 5) is 26.9. The van der Waals surface area contributed by atoms with Crippen LogP contribution in [0.1, 0.15) is 23.7 Å². The lowest BCUT2D eigenvalue weighted by Crippen LogP contribution is -2.35. The predicted octanol–water partition coefficient (Wildman–Crippen LogP) is 2.79. The number of aliphatic hydroxyl groups is 1. The molecule has 2 aromatic heterocycles. The molecule has 0 aliphatic heterocycles. The van der Waals surface area contributed by atoms with Crippen LogP contribution in [0.5, 0.6) is 0 Å². The van der Waals surface area contributed by atoms with Crippen LogP contribution in [0.2, 0.25) is 0 Å². The van der Waals surface area contributed by atoms with Gasteiger partial charge in [-0.25, -0.2) is 9.37 Å². The molecule has 3 aromatic rings. The summed E-state index contributed by atoms with van der Waals surface area (Å²) < 4.78 is 15.2. The van der Waals surface area contributed by atoms with Crippen molar-refractivity contribution in [2.45, 2.75) is 25.9 Å². The number of halogens is 1. The Hall–Kier alpha value is -3.99. The predicted molar refractivity (Wildman–Crippen MR) is 122 cm³/mol. The molecule has 1 atom stereocenters. The third-order valence-electron chi connectivity index (χ3n) is 4.93. The topological polar surface area (TPSA) is 148 Å². The van der Waals surface area contributed by atoms with Gasteiger partial charge in [-0.1, -0.05) is 12.1 Å². The van der Waals surface area contributed by atoms with E-state index in [4.69, 9.17) is 5.73 Å². The van der Waals surface area contributed by atoms with E-state index in [2.05, 4.69) is 15.6 Å². The molecule has 0 saturated carbocycles. The summed E-state index contributed by atoms with van der Waals surface area (Å²) >= 11 is 0. The van der Waals surface area contributed by atoms with Crippen molar-refractivity contribution in [2.75, 3.05) is 24.2 Å². The summed E-state index contributed by atoms with van der Waals surface area (Å²) in [5, 5.41) is 25.9. The Bertz CT molecular complexity index is 1130. The molecule has 1 amide bonds. The van der Waals surface area contributed by atoms with Crippen molar-refractivity contribution in [3.8, 4) is 11.1 Å². The van der Waals surface area contributed by atoms with Crippen molar-refractivity contribution in [1.82, 2.24) is 14.9 Å². The van der Waals surface area contributed by atoms with Crippen molar-refractivity contribution >= 4 is 23.2 Å². The number of nitrogens with two attached hydrogens (primary N) is 1. The maximum absolute atomic E-state index is 13.4. The number of carbonyl (C=O) groups excluding carboxylic acids is 1. The SMILES string of the molecule is C[C@@H](CO)NC(=O)c1cn(CCCNc2ccc([N+](=O)[O-])c(N)n2)cc1-c1ccc(F)cc1. The number of anilines is 2. The van der Waals surface area contributed by atoms with Gasteiger partial charge < -0.3 is 26.0 Å². The Kier molecular flexibility index (Phi) is 7.57. The van der Waals surface area contributed by atoms with Crippen LogP contribution in [0.15, 0.2) is 48.8 Å². The molecule has 11 heteroatoms. The zero-order valence-electron chi connectivity index (χ0n) is 18.0. The fourth-order valence-corrected chi connectivity index (χ4v) is 3.22. The summed E-state index contributed by atoms with van der Waals surface area (Å²) in [6.45, 7) is 2.58. The zero-order valence-corrected chi connectivity index (χ0v) is 18.0. The van der Waals surface area contributed by atoms with Crippen LogP contribution in [0.3, 0.4) is 0 Å². The lowest BCUT2D eigenvalue weighted by atomic mass is 10.0. The van der Waals surface area contributed by atoms with Gasteiger partial charge in [0.1, 0.15) is 11.6 Å². The Labute approximate surface area is 189 Å². The van der Waals surface area contributed by atoms with Crippen LogP contribution in [0.4, 0.5) is 21.7 Å². The van der Waals surface area contributed by atoms with Gasteiger partial charge in [0.25, 0.3) is 5.91 Å². The van der Waals surface area contributed by atoms with Crippen LogP contribution in [-0.4, -0.2) is 44.7 Å². The van der Waals surface area contributed by atoms with Crippen LogP contribution >= 0.6 is 0 Å². The van der Waals surface area contributed by atoms with Crippen molar-refractivity contribution < 1.29 is 19.2 Å². The molecule has 0 unspecified atom stereocenters. The Morgan fingerprint density at radius 1 is 1.27 bits per heavy atom. The number of pyridine rings is 1. The maximum Gasteiger partial charge on any atom is 0.311 e. The molecule has 10 nitrogen and oxygen atoms in total. The number of amides is 1. The van der Waals surface area contributed by atoms with Crippen molar-refractivity contribution in [2.24, 2.45) is 0 Å². The first-order valence-corrected chi connectivity index (χ1v) is 10.3. The second-order valence-corrected chi connectivity index (χ2v) is 7.53. The van der Waals surface area contributed by atoms with Gasteiger partial charge in [0.05, 0.1) is 17.1 Å². The molecule has 0 saturated heterocycles. The van der Waals surface area contributed by atoms with Crippen LogP contribution in [0.25, 0.3) is 11.1 Å². The molecule has 2 heterocycles. The monoisotopic (exact) mass is 456 g/mol. The largest absolute Gasteiger partial charge is 0.394 e. The second kappa shape index (κ2) is 10.6. The molecule has 0 aliphatic carbocycles. The fourth-order valence-electron chi connectivity index (χ4n) is 3.22. The molecule has 174 valence electrons. The van der Waals surface area contributed by atoms with Gasteiger partial charge in [-0.2, -0.15) is 0 Å². The molecule has 5 N–H and O–H groups in total. The third kappa shape index (κ3) is 6.04. The number of carbonyl (C=O) groups is 1. The van der Waals surface area contributed by atoms with E-state index in [0.29, 0.717) is 42.0 Å². The minimum atomic E-state index is -0.591. The third-order valence-corrected chi connectivity index (χ3v) is 4.93. The van der Waals surface area contributed by atoms with Crippen molar-refractivity contribution in [3.05, 3.63) is 70.3 Å². The Morgan fingerprint density at radius 3 is 2.64 bits per heavy atom. The number of hydrogen-bond acceptors (Lipinski definition) is 7. The van der Waals surface area contributed by atoms with E-state index in [0.717, 1.165) is 0 Å². The molecule has 0 bridgehead atoms.